The highest BCUT2D eigenvalue weighted by molar-refractivity contribution is 7.09. The summed E-state index contributed by atoms with van der Waals surface area (Å²) in [6, 6.07) is 5.99. The predicted molar refractivity (Wildman–Crippen MR) is 98.0 cm³/mol. The standard InChI is InChI=1S/C16H19ClN4O4S/c1-10-11(4-2-6-25-16(22,23)24)8-13-14(19-15(17)20-21(10)13)18-9-12-5-3-7-26-12/h3,5,7-8,22-24H,2,4,6,9H2,1H3,(H,18,19,20). The molecule has 0 spiro atoms. The maximum atomic E-state index is 8.73. The molecule has 0 atom stereocenters. The number of halogens is 1. The Morgan fingerprint density at radius 1 is 1.38 bits per heavy atom. The first-order valence-electron chi connectivity index (χ1n) is 7.95. The molecule has 0 aliphatic rings. The molecule has 0 radical (unpaired) electrons. The van der Waals surface area contributed by atoms with Crippen molar-refractivity contribution < 1.29 is 20.1 Å². The molecule has 26 heavy (non-hydrogen) atoms. The van der Waals surface area contributed by atoms with Crippen LogP contribution in [0.3, 0.4) is 0 Å². The molecule has 3 aromatic rings. The third kappa shape index (κ3) is 4.70. The average Bonchev–Trinajstić information content (AvgIpc) is 3.18. The van der Waals surface area contributed by atoms with E-state index in [1.807, 2.05) is 30.5 Å². The SMILES string of the molecule is Cc1c(CCCOC(O)(O)O)cc2c(NCc3cccs3)nc(Cl)nn12. The highest BCUT2D eigenvalue weighted by Crippen LogP contribution is 2.24. The Morgan fingerprint density at radius 2 is 2.19 bits per heavy atom. The fourth-order valence-electron chi connectivity index (χ4n) is 2.64. The fourth-order valence-corrected chi connectivity index (χ4v) is 3.44. The number of nitrogens with one attached hydrogen (secondary N) is 1. The van der Waals surface area contributed by atoms with E-state index in [2.05, 4.69) is 20.1 Å². The van der Waals surface area contributed by atoms with Gasteiger partial charge < -0.3 is 25.4 Å². The van der Waals surface area contributed by atoms with E-state index in [0.717, 1.165) is 16.8 Å². The normalized spacial score (nSPS) is 12.0. The van der Waals surface area contributed by atoms with Gasteiger partial charge in [0.15, 0.2) is 5.82 Å². The van der Waals surface area contributed by atoms with Crippen LogP contribution in [-0.2, 0) is 17.7 Å². The quantitative estimate of drug-likeness (QED) is 0.338. The Hall–Kier alpha value is -1.75. The highest BCUT2D eigenvalue weighted by Gasteiger charge is 2.19. The third-order valence-corrected chi connectivity index (χ3v) is 4.88. The number of nitrogens with zero attached hydrogens (tertiary/aromatic N) is 3. The highest BCUT2D eigenvalue weighted by atomic mass is 35.5. The van der Waals surface area contributed by atoms with Gasteiger partial charge in [-0.15, -0.1) is 16.4 Å². The molecular weight excluding hydrogens is 380 g/mol. The van der Waals surface area contributed by atoms with Gasteiger partial charge in [0.05, 0.1) is 13.2 Å². The number of aromatic nitrogens is 3. The zero-order valence-electron chi connectivity index (χ0n) is 14.0. The number of aliphatic hydroxyl groups is 3. The maximum absolute atomic E-state index is 8.73. The van der Waals surface area contributed by atoms with Crippen LogP contribution in [0.2, 0.25) is 5.28 Å². The summed E-state index contributed by atoms with van der Waals surface area (Å²) >= 11 is 7.71. The summed E-state index contributed by atoms with van der Waals surface area (Å²) in [5.41, 5.74) is 2.72. The molecule has 0 bridgehead atoms. The summed E-state index contributed by atoms with van der Waals surface area (Å²) in [6.07, 6.45) is -2.01. The van der Waals surface area contributed by atoms with Crippen LogP contribution < -0.4 is 5.32 Å². The molecular formula is C16H19ClN4O4S. The van der Waals surface area contributed by atoms with Crippen molar-refractivity contribution in [3.05, 3.63) is 45.0 Å². The molecule has 3 rings (SSSR count). The number of aryl methyl sites for hydroxylation is 2. The van der Waals surface area contributed by atoms with Gasteiger partial charge in [-0.3, -0.25) is 0 Å². The molecule has 0 fully saturated rings. The van der Waals surface area contributed by atoms with Gasteiger partial charge in [-0.2, -0.15) is 4.98 Å². The molecule has 8 nitrogen and oxygen atoms in total. The van der Waals surface area contributed by atoms with E-state index in [9.17, 15) is 0 Å². The number of anilines is 1. The van der Waals surface area contributed by atoms with Crippen LogP contribution >= 0.6 is 22.9 Å². The molecule has 0 saturated heterocycles. The van der Waals surface area contributed by atoms with Gasteiger partial charge in [0.25, 0.3) is 0 Å². The fraction of sp³-hybridized carbons (Fsp3) is 0.375. The Bertz CT molecular complexity index is 877. The van der Waals surface area contributed by atoms with Crippen LogP contribution in [0, 0.1) is 6.92 Å². The van der Waals surface area contributed by atoms with Gasteiger partial charge in [0.2, 0.25) is 5.28 Å². The van der Waals surface area contributed by atoms with E-state index in [-0.39, 0.29) is 11.9 Å². The molecule has 3 heterocycles. The van der Waals surface area contributed by atoms with E-state index in [1.165, 1.54) is 4.88 Å². The second-order valence-corrected chi connectivity index (χ2v) is 7.11. The topological polar surface area (TPSA) is 112 Å². The molecule has 0 aliphatic carbocycles. The van der Waals surface area contributed by atoms with Crippen molar-refractivity contribution in [1.82, 2.24) is 14.6 Å². The lowest BCUT2D eigenvalue weighted by molar-refractivity contribution is -0.454. The minimum absolute atomic E-state index is 0.00888. The van der Waals surface area contributed by atoms with Crippen LogP contribution in [-0.4, -0.2) is 42.7 Å². The van der Waals surface area contributed by atoms with E-state index in [1.54, 1.807) is 15.9 Å². The van der Waals surface area contributed by atoms with Crippen LogP contribution in [0.15, 0.2) is 23.6 Å². The number of rotatable bonds is 8. The summed E-state index contributed by atoms with van der Waals surface area (Å²) in [5, 5.41) is 35.9. The molecule has 10 heteroatoms. The molecule has 0 saturated carbocycles. The molecule has 140 valence electrons. The Kier molecular flexibility index (Phi) is 5.76. The smallest absolute Gasteiger partial charge is 0.363 e. The van der Waals surface area contributed by atoms with Gasteiger partial charge in [-0.05, 0) is 54.4 Å². The average molecular weight is 399 g/mol. The van der Waals surface area contributed by atoms with Crippen LogP contribution in [0.5, 0.6) is 0 Å². The van der Waals surface area contributed by atoms with Crippen molar-refractivity contribution in [2.24, 2.45) is 0 Å². The molecule has 4 N–H and O–H groups in total. The van der Waals surface area contributed by atoms with Crippen molar-refractivity contribution in [3.63, 3.8) is 0 Å². The van der Waals surface area contributed by atoms with Gasteiger partial charge in [0.1, 0.15) is 5.52 Å². The van der Waals surface area contributed by atoms with E-state index >= 15 is 0 Å². The molecule has 0 unspecified atom stereocenters. The Balaban J connectivity index is 1.76. The van der Waals surface area contributed by atoms with Crippen molar-refractivity contribution in [3.8, 4) is 0 Å². The minimum Gasteiger partial charge on any atom is -0.363 e. The van der Waals surface area contributed by atoms with Gasteiger partial charge in [-0.25, -0.2) is 4.52 Å². The minimum atomic E-state index is -3.10. The lowest BCUT2D eigenvalue weighted by atomic mass is 10.1. The van der Waals surface area contributed by atoms with Crippen molar-refractivity contribution in [2.75, 3.05) is 11.9 Å². The first-order valence-corrected chi connectivity index (χ1v) is 9.21. The summed E-state index contributed by atoms with van der Waals surface area (Å²) in [7, 11) is 0. The number of fused-ring (bicyclic) bond motifs is 1. The van der Waals surface area contributed by atoms with Crippen molar-refractivity contribution in [2.45, 2.75) is 32.5 Å². The van der Waals surface area contributed by atoms with Crippen molar-refractivity contribution in [1.29, 1.82) is 0 Å². The lowest BCUT2D eigenvalue weighted by Crippen LogP contribution is -2.31. The van der Waals surface area contributed by atoms with Gasteiger partial charge >= 0.3 is 6.16 Å². The largest absolute Gasteiger partial charge is 0.404 e. The van der Waals surface area contributed by atoms with Gasteiger partial charge in [-0.1, -0.05) is 6.07 Å². The molecule has 0 amide bonds. The zero-order chi connectivity index (χ0) is 18.7. The lowest BCUT2D eigenvalue weighted by Gasteiger charge is -2.13. The predicted octanol–water partition coefficient (Wildman–Crippen LogP) is 1.90. The Labute approximate surface area is 158 Å². The van der Waals surface area contributed by atoms with E-state index < -0.39 is 6.16 Å². The monoisotopic (exact) mass is 398 g/mol. The molecule has 3 aromatic heterocycles. The first kappa shape index (κ1) is 19.0. The first-order chi connectivity index (χ1) is 12.3. The van der Waals surface area contributed by atoms with Crippen LogP contribution in [0.4, 0.5) is 5.82 Å². The van der Waals surface area contributed by atoms with Crippen LogP contribution in [0.25, 0.3) is 5.52 Å². The summed E-state index contributed by atoms with van der Waals surface area (Å²) < 4.78 is 6.22. The van der Waals surface area contributed by atoms with Crippen molar-refractivity contribution >= 4 is 34.3 Å². The maximum Gasteiger partial charge on any atom is 0.404 e. The number of thiophene rings is 1. The number of ether oxygens (including phenoxy) is 1. The van der Waals surface area contributed by atoms with E-state index in [0.29, 0.717) is 25.2 Å². The molecule has 0 aromatic carbocycles. The van der Waals surface area contributed by atoms with Crippen LogP contribution in [0.1, 0.15) is 22.6 Å². The second-order valence-electron chi connectivity index (χ2n) is 5.74. The third-order valence-electron chi connectivity index (χ3n) is 3.85. The second kappa shape index (κ2) is 7.87. The Morgan fingerprint density at radius 3 is 2.88 bits per heavy atom. The summed E-state index contributed by atoms with van der Waals surface area (Å²) in [6.45, 7) is 2.55. The number of hydrogen-bond acceptors (Lipinski definition) is 8. The van der Waals surface area contributed by atoms with Gasteiger partial charge in [0, 0.05) is 10.6 Å². The summed E-state index contributed by atoms with van der Waals surface area (Å²) in [5.74, 6) is 0.643. The van der Waals surface area contributed by atoms with E-state index in [4.69, 9.17) is 26.9 Å². The number of hydrogen-bond donors (Lipinski definition) is 4. The zero-order valence-corrected chi connectivity index (χ0v) is 15.6. The summed E-state index contributed by atoms with van der Waals surface area (Å²) in [4.78, 5) is 5.47. The molecule has 0 aliphatic heterocycles.